The first kappa shape index (κ1) is 20.1. The molecule has 0 unspecified atom stereocenters. The second-order valence-corrected chi connectivity index (χ2v) is 9.47. The van der Waals surface area contributed by atoms with E-state index < -0.39 is 0 Å². The Bertz CT molecular complexity index is 1780. The molecule has 0 atom stereocenters. The van der Waals surface area contributed by atoms with Crippen LogP contribution in [0.1, 0.15) is 34.6 Å². The molecule has 1 aliphatic carbocycles. The van der Waals surface area contributed by atoms with E-state index in [1.807, 2.05) is 40.2 Å². The summed E-state index contributed by atoms with van der Waals surface area (Å²) in [5.41, 5.74) is 8.38. The van der Waals surface area contributed by atoms with E-state index in [1.54, 1.807) is 6.20 Å². The number of aromatic nitrogens is 7. The Morgan fingerprint density at radius 1 is 1.06 bits per heavy atom. The van der Waals surface area contributed by atoms with Crippen LogP contribution in [0.25, 0.3) is 44.8 Å². The minimum Gasteiger partial charge on any atom is -0.324 e. The number of carbonyl (C=O) groups excluding carboxylic acids is 1. The molecule has 8 heteroatoms. The number of hydrogen-bond donors (Lipinski definition) is 0. The summed E-state index contributed by atoms with van der Waals surface area (Å²) in [4.78, 5) is 16.4. The molecule has 6 heterocycles. The molecule has 0 amide bonds. The van der Waals surface area contributed by atoms with Gasteiger partial charge in [-0.25, -0.2) is 9.50 Å². The number of rotatable bonds is 5. The van der Waals surface area contributed by atoms with Crippen molar-refractivity contribution in [3.63, 3.8) is 0 Å². The molecule has 6 aromatic rings. The molecule has 0 aromatic carbocycles. The molecule has 0 saturated heterocycles. The number of aldehydes is 1. The smallest absolute Gasteiger partial charge is 0.161 e. The molecule has 0 bridgehead atoms. The minimum atomic E-state index is 0.608. The lowest BCUT2D eigenvalue weighted by molar-refractivity contribution is 0.112. The SMILES string of the molecule is Cc1c(-c2cc3ccc(-c4ccn5c(C)nnc5c4)nc3n2CC2CC2)nn2cc(C=O)ccc12. The first-order chi connectivity index (χ1) is 17.1. The number of fused-ring (bicyclic) bond motifs is 3. The van der Waals surface area contributed by atoms with Gasteiger partial charge in [0.2, 0.25) is 0 Å². The Morgan fingerprint density at radius 2 is 1.94 bits per heavy atom. The standard InChI is InChI=1S/C27H23N7O/c1-16-23-8-5-19(15-35)14-34(23)31-26(16)24-11-21-6-7-22(28-27(21)33(24)13-18-3-4-18)20-9-10-32-17(2)29-30-25(32)12-20/h5-12,14-15,18H,3-4,13H2,1-2H3. The topological polar surface area (TPSA) is 82.4 Å². The minimum absolute atomic E-state index is 0.608. The maximum atomic E-state index is 11.3. The summed E-state index contributed by atoms with van der Waals surface area (Å²) in [5, 5.41) is 14.4. The molecule has 1 fully saturated rings. The van der Waals surface area contributed by atoms with Gasteiger partial charge in [-0.05, 0) is 75.1 Å². The van der Waals surface area contributed by atoms with Crippen molar-refractivity contribution in [2.24, 2.45) is 5.92 Å². The van der Waals surface area contributed by atoms with Gasteiger partial charge >= 0.3 is 0 Å². The Balaban J connectivity index is 1.41. The molecule has 0 spiro atoms. The number of pyridine rings is 3. The van der Waals surface area contributed by atoms with Crippen LogP contribution in [-0.4, -0.2) is 40.0 Å². The zero-order valence-corrected chi connectivity index (χ0v) is 19.5. The summed E-state index contributed by atoms with van der Waals surface area (Å²) >= 11 is 0. The van der Waals surface area contributed by atoms with Gasteiger partial charge in [0.05, 0.1) is 16.9 Å². The summed E-state index contributed by atoms with van der Waals surface area (Å²) in [5.74, 6) is 1.53. The summed E-state index contributed by atoms with van der Waals surface area (Å²) in [6.07, 6.45) is 7.12. The average molecular weight is 462 g/mol. The summed E-state index contributed by atoms with van der Waals surface area (Å²) < 4.78 is 6.10. The summed E-state index contributed by atoms with van der Waals surface area (Å²) in [6, 6.07) is 14.3. The van der Waals surface area contributed by atoms with Crippen molar-refractivity contribution in [1.29, 1.82) is 0 Å². The molecule has 35 heavy (non-hydrogen) atoms. The third-order valence-electron chi connectivity index (χ3n) is 7.04. The maximum Gasteiger partial charge on any atom is 0.161 e. The monoisotopic (exact) mass is 461 g/mol. The van der Waals surface area contributed by atoms with Gasteiger partial charge in [0.15, 0.2) is 11.9 Å². The second-order valence-electron chi connectivity index (χ2n) is 9.47. The van der Waals surface area contributed by atoms with Crippen molar-refractivity contribution in [3.8, 4) is 22.6 Å². The third kappa shape index (κ3) is 3.17. The maximum absolute atomic E-state index is 11.3. The normalized spacial score (nSPS) is 13.9. The van der Waals surface area contributed by atoms with E-state index >= 15 is 0 Å². The van der Waals surface area contributed by atoms with Crippen molar-refractivity contribution in [3.05, 3.63) is 71.8 Å². The van der Waals surface area contributed by atoms with E-state index in [9.17, 15) is 4.79 Å². The number of hydrogen-bond acceptors (Lipinski definition) is 5. The number of carbonyl (C=O) groups is 1. The van der Waals surface area contributed by atoms with Crippen molar-refractivity contribution >= 4 is 28.5 Å². The Labute approximate surface area is 200 Å². The lowest BCUT2D eigenvalue weighted by Crippen LogP contribution is -2.04. The van der Waals surface area contributed by atoms with Gasteiger partial charge in [0, 0.05) is 41.0 Å². The lowest BCUT2D eigenvalue weighted by Gasteiger charge is -2.10. The van der Waals surface area contributed by atoms with Crippen molar-refractivity contribution in [2.45, 2.75) is 33.2 Å². The molecule has 6 aromatic heterocycles. The van der Waals surface area contributed by atoms with E-state index in [0.29, 0.717) is 11.5 Å². The Hall–Kier alpha value is -4.33. The molecule has 0 aliphatic heterocycles. The number of nitrogens with zero attached hydrogens (tertiary/aromatic N) is 7. The quantitative estimate of drug-likeness (QED) is 0.341. The highest BCUT2D eigenvalue weighted by Gasteiger charge is 2.26. The fourth-order valence-electron chi connectivity index (χ4n) is 4.90. The van der Waals surface area contributed by atoms with E-state index in [1.165, 1.54) is 12.8 Å². The third-order valence-corrected chi connectivity index (χ3v) is 7.04. The predicted octanol–water partition coefficient (Wildman–Crippen LogP) is 4.90. The highest BCUT2D eigenvalue weighted by atomic mass is 16.1. The molecule has 1 saturated carbocycles. The van der Waals surface area contributed by atoms with E-state index in [0.717, 1.165) is 69.1 Å². The zero-order valence-electron chi connectivity index (χ0n) is 19.5. The zero-order chi connectivity index (χ0) is 23.7. The first-order valence-corrected chi connectivity index (χ1v) is 11.9. The fraction of sp³-hybridized carbons (Fsp3) is 0.222. The van der Waals surface area contributed by atoms with Crippen LogP contribution in [0.2, 0.25) is 0 Å². The second kappa shape index (κ2) is 7.33. The lowest BCUT2D eigenvalue weighted by atomic mass is 10.1. The first-order valence-electron chi connectivity index (χ1n) is 11.9. The van der Waals surface area contributed by atoms with Crippen LogP contribution in [0.4, 0.5) is 0 Å². The fourth-order valence-corrected chi connectivity index (χ4v) is 4.90. The molecular formula is C27H23N7O. The molecule has 172 valence electrons. The van der Waals surface area contributed by atoms with Crippen molar-refractivity contribution in [1.82, 2.24) is 33.8 Å². The van der Waals surface area contributed by atoms with Gasteiger partial charge in [-0.3, -0.25) is 9.20 Å². The van der Waals surface area contributed by atoms with E-state index in [2.05, 4.69) is 46.0 Å². The van der Waals surface area contributed by atoms with E-state index in [4.69, 9.17) is 10.1 Å². The molecule has 8 nitrogen and oxygen atoms in total. The molecule has 0 radical (unpaired) electrons. The largest absolute Gasteiger partial charge is 0.324 e. The van der Waals surface area contributed by atoms with Gasteiger partial charge in [-0.15, -0.1) is 10.2 Å². The van der Waals surface area contributed by atoms with Crippen LogP contribution in [0, 0.1) is 19.8 Å². The Morgan fingerprint density at radius 3 is 2.77 bits per heavy atom. The summed E-state index contributed by atoms with van der Waals surface area (Å²) in [7, 11) is 0. The molecule has 1 aliphatic rings. The van der Waals surface area contributed by atoms with Crippen LogP contribution in [-0.2, 0) is 6.54 Å². The van der Waals surface area contributed by atoms with Gasteiger partial charge in [0.1, 0.15) is 17.2 Å². The van der Waals surface area contributed by atoms with Crippen LogP contribution in [0.15, 0.2) is 54.9 Å². The molecule has 0 N–H and O–H groups in total. The Kier molecular flexibility index (Phi) is 4.21. The van der Waals surface area contributed by atoms with Crippen molar-refractivity contribution < 1.29 is 4.79 Å². The van der Waals surface area contributed by atoms with Crippen LogP contribution in [0.3, 0.4) is 0 Å². The van der Waals surface area contributed by atoms with Crippen LogP contribution < -0.4 is 0 Å². The highest BCUT2D eigenvalue weighted by Crippen LogP contribution is 2.37. The predicted molar refractivity (Wildman–Crippen MR) is 133 cm³/mol. The number of aryl methyl sites for hydroxylation is 2. The van der Waals surface area contributed by atoms with Crippen LogP contribution in [0.5, 0.6) is 0 Å². The van der Waals surface area contributed by atoms with E-state index in [-0.39, 0.29) is 0 Å². The molecular weight excluding hydrogens is 438 g/mol. The van der Waals surface area contributed by atoms with Gasteiger partial charge in [-0.1, -0.05) is 0 Å². The highest BCUT2D eigenvalue weighted by molar-refractivity contribution is 5.87. The summed E-state index contributed by atoms with van der Waals surface area (Å²) in [6.45, 7) is 4.95. The average Bonchev–Trinajstić information content (AvgIpc) is 3.41. The van der Waals surface area contributed by atoms with Gasteiger partial charge in [0.25, 0.3) is 0 Å². The van der Waals surface area contributed by atoms with Gasteiger partial charge in [-0.2, -0.15) is 5.10 Å². The van der Waals surface area contributed by atoms with Gasteiger partial charge < -0.3 is 4.57 Å². The van der Waals surface area contributed by atoms with Crippen molar-refractivity contribution in [2.75, 3.05) is 0 Å². The van der Waals surface area contributed by atoms with Crippen LogP contribution >= 0.6 is 0 Å². The molecule has 7 rings (SSSR count).